The number of hydrogen-bond donors (Lipinski definition) is 1. The first kappa shape index (κ1) is 9.56. The quantitative estimate of drug-likeness (QED) is 0.796. The van der Waals surface area contributed by atoms with Crippen LogP contribution in [0.3, 0.4) is 0 Å². The molecule has 0 amide bonds. The number of nitriles is 1. The fourth-order valence-electron chi connectivity index (χ4n) is 1.27. The van der Waals surface area contributed by atoms with Crippen LogP contribution in [-0.4, -0.2) is 9.78 Å². The van der Waals surface area contributed by atoms with Crippen LogP contribution >= 0.6 is 11.6 Å². The van der Waals surface area contributed by atoms with E-state index in [1.165, 1.54) is 10.7 Å². The van der Waals surface area contributed by atoms with Gasteiger partial charge in [0.15, 0.2) is 5.69 Å². The molecule has 0 aliphatic rings. The summed E-state index contributed by atoms with van der Waals surface area (Å²) < 4.78 is 1.45. The van der Waals surface area contributed by atoms with E-state index in [2.05, 4.69) is 5.10 Å². The number of hydrogen-bond acceptors (Lipinski definition) is 3. The van der Waals surface area contributed by atoms with Crippen LogP contribution in [0.2, 0.25) is 5.02 Å². The van der Waals surface area contributed by atoms with Crippen molar-refractivity contribution in [1.82, 2.24) is 9.78 Å². The highest BCUT2D eigenvalue weighted by molar-refractivity contribution is 6.32. The van der Waals surface area contributed by atoms with Gasteiger partial charge in [0.05, 0.1) is 10.7 Å². The highest BCUT2D eigenvalue weighted by Gasteiger charge is 2.08. The Morgan fingerprint density at radius 2 is 2.13 bits per heavy atom. The Morgan fingerprint density at radius 1 is 1.40 bits per heavy atom. The Bertz CT molecular complexity index is 539. The summed E-state index contributed by atoms with van der Waals surface area (Å²) in [6.07, 6.45) is 0. The third-order valence-corrected chi connectivity index (χ3v) is 2.25. The van der Waals surface area contributed by atoms with Crippen LogP contribution in [0.4, 0.5) is 5.82 Å². The molecule has 0 bridgehead atoms. The zero-order valence-corrected chi connectivity index (χ0v) is 8.44. The lowest BCUT2D eigenvalue weighted by Gasteiger charge is -2.04. The molecular weight excluding hydrogens is 212 g/mol. The third kappa shape index (κ3) is 1.65. The molecule has 2 N–H and O–H groups in total. The molecule has 0 saturated heterocycles. The maximum Gasteiger partial charge on any atom is 0.165 e. The monoisotopic (exact) mass is 218 g/mol. The first-order valence-electron chi connectivity index (χ1n) is 4.23. The smallest absolute Gasteiger partial charge is 0.165 e. The van der Waals surface area contributed by atoms with Gasteiger partial charge in [-0.05, 0) is 12.1 Å². The molecule has 74 valence electrons. The summed E-state index contributed by atoms with van der Waals surface area (Å²) in [5.74, 6) is 0.389. The van der Waals surface area contributed by atoms with E-state index in [-0.39, 0.29) is 5.69 Å². The van der Waals surface area contributed by atoms with Crippen molar-refractivity contribution in [3.05, 3.63) is 41.0 Å². The molecule has 0 atom stereocenters. The van der Waals surface area contributed by atoms with Crippen molar-refractivity contribution in [3.63, 3.8) is 0 Å². The van der Waals surface area contributed by atoms with Gasteiger partial charge < -0.3 is 5.73 Å². The third-order valence-electron chi connectivity index (χ3n) is 1.93. The van der Waals surface area contributed by atoms with Gasteiger partial charge in [-0.15, -0.1) is 0 Å². The van der Waals surface area contributed by atoms with Crippen LogP contribution < -0.4 is 5.73 Å². The summed E-state index contributed by atoms with van der Waals surface area (Å²) >= 11 is 5.98. The number of nitrogens with two attached hydrogens (primary N) is 1. The highest BCUT2D eigenvalue weighted by atomic mass is 35.5. The number of nitrogens with zero attached hydrogens (tertiary/aromatic N) is 3. The minimum Gasteiger partial charge on any atom is -0.384 e. The summed E-state index contributed by atoms with van der Waals surface area (Å²) in [5.41, 5.74) is 6.64. The van der Waals surface area contributed by atoms with E-state index in [1.54, 1.807) is 12.1 Å². The van der Waals surface area contributed by atoms with E-state index in [4.69, 9.17) is 22.6 Å². The standard InChI is InChI=1S/C10H7ClN4/c11-8-3-1-2-4-9(8)15-10(13)5-7(6-12)14-15/h1-5H,13H2. The fraction of sp³-hybridized carbons (Fsp3) is 0. The SMILES string of the molecule is N#Cc1cc(N)n(-c2ccccc2Cl)n1. The molecule has 0 fully saturated rings. The first-order valence-corrected chi connectivity index (χ1v) is 4.60. The van der Waals surface area contributed by atoms with Crippen molar-refractivity contribution < 1.29 is 0 Å². The zero-order valence-electron chi connectivity index (χ0n) is 7.68. The molecule has 5 heteroatoms. The summed E-state index contributed by atoms with van der Waals surface area (Å²) in [4.78, 5) is 0. The van der Waals surface area contributed by atoms with Gasteiger partial charge in [-0.1, -0.05) is 23.7 Å². The Labute approximate surface area is 91.5 Å². The summed E-state index contributed by atoms with van der Waals surface area (Å²) in [7, 11) is 0. The normalized spacial score (nSPS) is 9.87. The first-order chi connectivity index (χ1) is 7.22. The number of nitrogen functional groups attached to an aromatic ring is 1. The molecule has 1 aromatic carbocycles. The average Bonchev–Trinajstić information content (AvgIpc) is 2.60. The molecule has 2 rings (SSSR count). The van der Waals surface area contributed by atoms with E-state index < -0.39 is 0 Å². The van der Waals surface area contributed by atoms with Crippen LogP contribution in [-0.2, 0) is 0 Å². The number of aromatic nitrogens is 2. The van der Waals surface area contributed by atoms with Crippen molar-refractivity contribution in [2.24, 2.45) is 0 Å². The van der Waals surface area contributed by atoms with Gasteiger partial charge in [0.2, 0.25) is 0 Å². The molecule has 1 heterocycles. The molecule has 2 aromatic rings. The molecule has 0 saturated carbocycles. The van der Waals surface area contributed by atoms with E-state index >= 15 is 0 Å². The van der Waals surface area contributed by atoms with Crippen LogP contribution in [0, 0.1) is 11.3 Å². The van der Waals surface area contributed by atoms with Crippen molar-refractivity contribution in [1.29, 1.82) is 5.26 Å². The second kappa shape index (κ2) is 3.64. The zero-order chi connectivity index (χ0) is 10.8. The lowest BCUT2D eigenvalue weighted by molar-refractivity contribution is 0.883. The molecular formula is C10H7ClN4. The Kier molecular flexibility index (Phi) is 2.32. The molecule has 0 aliphatic carbocycles. The fourth-order valence-corrected chi connectivity index (χ4v) is 1.48. The molecule has 15 heavy (non-hydrogen) atoms. The molecule has 1 aromatic heterocycles. The highest BCUT2D eigenvalue weighted by Crippen LogP contribution is 2.22. The Morgan fingerprint density at radius 3 is 2.73 bits per heavy atom. The predicted octanol–water partition coefficient (Wildman–Crippen LogP) is 1.98. The molecule has 4 nitrogen and oxygen atoms in total. The van der Waals surface area contributed by atoms with Gasteiger partial charge in [0.1, 0.15) is 11.9 Å². The maximum absolute atomic E-state index is 8.68. The van der Waals surface area contributed by atoms with Crippen LogP contribution in [0.5, 0.6) is 0 Å². The van der Waals surface area contributed by atoms with Crippen molar-refractivity contribution >= 4 is 17.4 Å². The van der Waals surface area contributed by atoms with E-state index in [1.807, 2.05) is 18.2 Å². The number of benzene rings is 1. The van der Waals surface area contributed by atoms with Gasteiger partial charge in [-0.25, -0.2) is 4.68 Å². The van der Waals surface area contributed by atoms with Gasteiger partial charge in [-0.2, -0.15) is 10.4 Å². The van der Waals surface area contributed by atoms with Gasteiger partial charge in [0, 0.05) is 6.07 Å². The lowest BCUT2D eigenvalue weighted by Crippen LogP contribution is -2.02. The minimum absolute atomic E-state index is 0.271. The minimum atomic E-state index is 0.271. The van der Waals surface area contributed by atoms with Crippen molar-refractivity contribution in [2.75, 3.05) is 5.73 Å². The molecule has 0 radical (unpaired) electrons. The van der Waals surface area contributed by atoms with Crippen LogP contribution in [0.1, 0.15) is 5.69 Å². The van der Waals surface area contributed by atoms with E-state index in [0.717, 1.165) is 0 Å². The second-order valence-corrected chi connectivity index (χ2v) is 3.34. The summed E-state index contributed by atoms with van der Waals surface area (Å²) in [6, 6.07) is 10.6. The Balaban J connectivity index is 2.60. The van der Waals surface area contributed by atoms with Crippen molar-refractivity contribution in [2.45, 2.75) is 0 Å². The van der Waals surface area contributed by atoms with Gasteiger partial charge in [-0.3, -0.25) is 0 Å². The molecule has 0 spiro atoms. The van der Waals surface area contributed by atoms with Crippen molar-refractivity contribution in [3.8, 4) is 11.8 Å². The maximum atomic E-state index is 8.68. The van der Waals surface area contributed by atoms with E-state index in [0.29, 0.717) is 16.5 Å². The number of rotatable bonds is 1. The summed E-state index contributed by atoms with van der Waals surface area (Å²) in [6.45, 7) is 0. The average molecular weight is 219 g/mol. The predicted molar refractivity (Wildman–Crippen MR) is 57.7 cm³/mol. The largest absolute Gasteiger partial charge is 0.384 e. The summed E-state index contributed by atoms with van der Waals surface area (Å²) in [5, 5.41) is 13.2. The topological polar surface area (TPSA) is 67.6 Å². The number of anilines is 1. The number of para-hydroxylation sites is 1. The molecule has 0 unspecified atom stereocenters. The van der Waals surface area contributed by atoms with Gasteiger partial charge in [0.25, 0.3) is 0 Å². The van der Waals surface area contributed by atoms with Gasteiger partial charge >= 0.3 is 0 Å². The van der Waals surface area contributed by atoms with Crippen LogP contribution in [0.25, 0.3) is 5.69 Å². The number of halogens is 1. The van der Waals surface area contributed by atoms with Crippen LogP contribution in [0.15, 0.2) is 30.3 Å². The molecule has 0 aliphatic heterocycles. The second-order valence-electron chi connectivity index (χ2n) is 2.93. The van der Waals surface area contributed by atoms with E-state index in [9.17, 15) is 0 Å². The Hall–Kier alpha value is -1.99. The lowest BCUT2D eigenvalue weighted by atomic mass is 10.3.